The monoisotopic (exact) mass is 325 g/mol. The Morgan fingerprint density at radius 3 is 2.00 bits per heavy atom. The molecule has 2 nitrogen and oxygen atoms in total. The van der Waals surface area contributed by atoms with Crippen molar-refractivity contribution in [3.8, 4) is 0 Å². The zero-order valence-corrected chi connectivity index (χ0v) is 13.1. The highest BCUT2D eigenvalue weighted by atomic mass is 32.2. The van der Waals surface area contributed by atoms with Gasteiger partial charge in [0.25, 0.3) is 12.9 Å². The summed E-state index contributed by atoms with van der Waals surface area (Å²) in [4.78, 5) is 0. The average Bonchev–Trinajstić information content (AvgIpc) is 2.36. The van der Waals surface area contributed by atoms with Crippen LogP contribution in [0.1, 0.15) is 63.3 Å². The van der Waals surface area contributed by atoms with E-state index in [-0.39, 0.29) is 5.56 Å². The van der Waals surface area contributed by atoms with Gasteiger partial charge in [-0.15, -0.1) is 4.72 Å². The molecule has 0 fully saturated rings. The summed E-state index contributed by atoms with van der Waals surface area (Å²) in [5.74, 6) is 0. The van der Waals surface area contributed by atoms with E-state index in [1.165, 1.54) is 19.1 Å². The number of nitrogens with one attached hydrogen (secondary N) is 1. The molecule has 1 N–H and O–H groups in total. The highest BCUT2D eigenvalue weighted by Crippen LogP contribution is 2.36. The first-order valence-electron chi connectivity index (χ1n) is 6.42. The van der Waals surface area contributed by atoms with Gasteiger partial charge in [-0.2, -0.15) is 0 Å². The third-order valence-corrected chi connectivity index (χ3v) is 4.61. The molecule has 0 aliphatic heterocycles. The molecule has 0 heterocycles. The first-order valence-corrected chi connectivity index (χ1v) is 7.57. The summed E-state index contributed by atoms with van der Waals surface area (Å²) >= 11 is -1.49. The molecule has 0 spiro atoms. The van der Waals surface area contributed by atoms with Crippen LogP contribution in [0.4, 0.5) is 17.6 Å². The normalized spacial score (nSPS) is 15.6. The van der Waals surface area contributed by atoms with Crippen molar-refractivity contribution < 1.29 is 22.1 Å². The van der Waals surface area contributed by atoms with Crippen LogP contribution in [0, 0.1) is 0 Å². The highest BCUT2D eigenvalue weighted by Gasteiger charge is 2.31. The van der Waals surface area contributed by atoms with Crippen molar-refractivity contribution >= 4 is 11.4 Å². The molecule has 0 bridgehead atoms. The Hall–Kier alpha value is -0.790. The predicted molar refractivity (Wildman–Crippen MR) is 75.8 cm³/mol. The summed E-state index contributed by atoms with van der Waals surface area (Å²) in [5, 5.41) is 0. The zero-order valence-electron chi connectivity index (χ0n) is 12.3. The van der Waals surface area contributed by atoms with Crippen molar-refractivity contribution in [3.63, 3.8) is 0 Å². The Labute approximate surface area is 125 Å². The van der Waals surface area contributed by atoms with Gasteiger partial charge < -0.3 is 4.55 Å². The van der Waals surface area contributed by atoms with Crippen molar-refractivity contribution in [1.82, 2.24) is 4.72 Å². The van der Waals surface area contributed by atoms with Gasteiger partial charge in [-0.3, -0.25) is 0 Å². The zero-order chi connectivity index (χ0) is 16.4. The second-order valence-corrected chi connectivity index (χ2v) is 7.67. The number of alkyl halides is 4. The van der Waals surface area contributed by atoms with Crippen LogP contribution in [0.15, 0.2) is 18.2 Å². The van der Waals surface area contributed by atoms with Crippen LogP contribution in [0.3, 0.4) is 0 Å². The van der Waals surface area contributed by atoms with Gasteiger partial charge in [0, 0.05) is 22.5 Å². The van der Waals surface area contributed by atoms with Crippen molar-refractivity contribution in [1.29, 1.82) is 0 Å². The first-order chi connectivity index (χ1) is 9.55. The summed E-state index contributed by atoms with van der Waals surface area (Å²) in [6, 6.07) is 2.92. The van der Waals surface area contributed by atoms with Crippen molar-refractivity contribution in [2.75, 3.05) is 0 Å². The van der Waals surface area contributed by atoms with Gasteiger partial charge in [0.2, 0.25) is 0 Å². The third kappa shape index (κ3) is 4.59. The topological polar surface area (TPSA) is 35.1 Å². The summed E-state index contributed by atoms with van der Waals surface area (Å²) in [6.45, 7) is 6.71. The van der Waals surface area contributed by atoms with Gasteiger partial charge in [0.15, 0.2) is 0 Å². The van der Waals surface area contributed by atoms with Crippen LogP contribution in [0.25, 0.3) is 0 Å². The van der Waals surface area contributed by atoms with E-state index >= 15 is 0 Å². The lowest BCUT2D eigenvalue weighted by atomic mass is 9.97. The lowest BCUT2D eigenvalue weighted by Gasteiger charge is -2.27. The van der Waals surface area contributed by atoms with Gasteiger partial charge in [-0.05, 0) is 33.3 Å². The maximum atomic E-state index is 13.1. The van der Waals surface area contributed by atoms with Crippen molar-refractivity contribution in [3.05, 3.63) is 34.9 Å². The number of hydrogen-bond acceptors (Lipinski definition) is 2. The largest absolute Gasteiger partial charge is 0.598 e. The van der Waals surface area contributed by atoms with Crippen LogP contribution in [0.5, 0.6) is 0 Å². The Morgan fingerprint density at radius 1 is 1.05 bits per heavy atom. The lowest BCUT2D eigenvalue weighted by molar-refractivity contribution is 0.123. The molecule has 0 aliphatic rings. The molecule has 1 aromatic carbocycles. The Balaban J connectivity index is 3.15. The molecule has 7 heteroatoms. The van der Waals surface area contributed by atoms with Gasteiger partial charge in [-0.1, -0.05) is 18.2 Å². The molecule has 0 saturated heterocycles. The van der Waals surface area contributed by atoms with Crippen molar-refractivity contribution in [2.24, 2.45) is 0 Å². The maximum Gasteiger partial charge on any atom is 0.264 e. The second kappa shape index (κ2) is 6.98. The molecule has 2 unspecified atom stereocenters. The maximum absolute atomic E-state index is 13.1. The Bertz CT molecular complexity index is 477. The van der Waals surface area contributed by atoms with E-state index in [9.17, 15) is 22.1 Å². The van der Waals surface area contributed by atoms with E-state index in [1.54, 1.807) is 20.8 Å². The molecule has 0 radical (unpaired) electrons. The van der Waals surface area contributed by atoms with E-state index in [4.69, 9.17) is 0 Å². The quantitative estimate of drug-likeness (QED) is 0.630. The molecular weight excluding hydrogens is 306 g/mol. The standard InChI is InChI=1S/C14H19F4NOS/c1-8(19-21(20)14(2,3)4)9-6-5-7-10(12(15)16)11(9)13(17)18/h5-8,12-13,19H,1-4H3. The van der Waals surface area contributed by atoms with Gasteiger partial charge >= 0.3 is 0 Å². The summed E-state index contributed by atoms with van der Waals surface area (Å²) < 4.78 is 66.1. The molecular formula is C14H19F4NOS. The molecule has 21 heavy (non-hydrogen) atoms. The number of rotatable bonds is 5. The number of halogens is 4. The number of hydrogen-bond donors (Lipinski definition) is 1. The van der Waals surface area contributed by atoms with Crippen LogP contribution < -0.4 is 4.72 Å². The van der Waals surface area contributed by atoms with Gasteiger partial charge in [0.1, 0.15) is 4.75 Å². The third-order valence-electron chi connectivity index (χ3n) is 2.93. The summed E-state index contributed by atoms with van der Waals surface area (Å²) in [7, 11) is 0. The van der Waals surface area contributed by atoms with Crippen LogP contribution in [-0.4, -0.2) is 9.30 Å². The van der Waals surface area contributed by atoms with E-state index in [2.05, 4.69) is 4.72 Å². The fraction of sp³-hybridized carbons (Fsp3) is 0.571. The van der Waals surface area contributed by atoms with E-state index in [0.717, 1.165) is 6.07 Å². The van der Waals surface area contributed by atoms with Crippen LogP contribution in [0.2, 0.25) is 0 Å². The molecule has 120 valence electrons. The molecule has 2 atom stereocenters. The molecule has 0 saturated carbocycles. The fourth-order valence-corrected chi connectivity index (χ4v) is 2.62. The molecule has 0 amide bonds. The molecule has 1 aromatic rings. The Kier molecular flexibility index (Phi) is 6.07. The summed E-state index contributed by atoms with van der Waals surface area (Å²) in [6.07, 6.45) is -5.99. The minimum atomic E-state index is -3.02. The van der Waals surface area contributed by atoms with Crippen molar-refractivity contribution in [2.45, 2.75) is 51.3 Å². The van der Waals surface area contributed by atoms with Crippen LogP contribution >= 0.6 is 0 Å². The number of benzene rings is 1. The van der Waals surface area contributed by atoms with Gasteiger partial charge in [0.05, 0.1) is 6.04 Å². The summed E-state index contributed by atoms with van der Waals surface area (Å²) in [5.41, 5.74) is -1.32. The molecule has 0 aliphatic carbocycles. The van der Waals surface area contributed by atoms with E-state index in [1.807, 2.05) is 0 Å². The van der Waals surface area contributed by atoms with Crippen LogP contribution in [-0.2, 0) is 11.4 Å². The smallest absolute Gasteiger partial charge is 0.264 e. The minimum absolute atomic E-state index is 0.0420. The van der Waals surface area contributed by atoms with E-state index < -0.39 is 46.1 Å². The van der Waals surface area contributed by atoms with Gasteiger partial charge in [-0.25, -0.2) is 17.6 Å². The predicted octanol–water partition coefficient (Wildman–Crippen LogP) is 4.67. The fourth-order valence-electron chi connectivity index (χ4n) is 1.82. The SMILES string of the molecule is CC(N[S+]([O-])C(C)(C)C)c1cccc(C(F)F)c1C(F)F. The highest BCUT2D eigenvalue weighted by molar-refractivity contribution is 7.90. The minimum Gasteiger partial charge on any atom is -0.598 e. The first kappa shape index (κ1) is 18.3. The van der Waals surface area contributed by atoms with E-state index in [0.29, 0.717) is 0 Å². The Morgan fingerprint density at radius 2 is 1.57 bits per heavy atom. The molecule has 0 aromatic heterocycles. The lowest BCUT2D eigenvalue weighted by Crippen LogP contribution is -2.40. The average molecular weight is 325 g/mol. The molecule has 1 rings (SSSR count). The second-order valence-electron chi connectivity index (χ2n) is 5.67.